The van der Waals surface area contributed by atoms with Gasteiger partial charge in [0.15, 0.2) is 5.13 Å². The van der Waals surface area contributed by atoms with Crippen LogP contribution in [0.4, 0.5) is 5.13 Å². The number of nitrogens with zero attached hydrogens (tertiary/aromatic N) is 1. The van der Waals surface area contributed by atoms with Gasteiger partial charge in [0.1, 0.15) is 0 Å². The summed E-state index contributed by atoms with van der Waals surface area (Å²) in [6.07, 6.45) is 11.0. The highest BCUT2D eigenvalue weighted by atomic mass is 32.2. The van der Waals surface area contributed by atoms with Crippen molar-refractivity contribution in [3.05, 3.63) is 72.1 Å². The van der Waals surface area contributed by atoms with Crippen LogP contribution in [0.5, 0.6) is 0 Å². The molecule has 0 bridgehead atoms. The number of nitrogens with one attached hydrogen (secondary N) is 1. The van der Waals surface area contributed by atoms with Crippen molar-refractivity contribution in [3.63, 3.8) is 0 Å². The van der Waals surface area contributed by atoms with Crippen molar-refractivity contribution in [1.82, 2.24) is 4.98 Å². The van der Waals surface area contributed by atoms with Gasteiger partial charge in [-0.2, -0.15) is 0 Å². The number of hydrogen-bond donors (Lipinski definition) is 1. The van der Waals surface area contributed by atoms with Gasteiger partial charge < -0.3 is 0 Å². The number of unbranched alkanes of at least 4 members (excludes halogenated alkanes) is 7. The molecule has 0 saturated heterocycles. The Morgan fingerprint density at radius 1 is 0.844 bits per heavy atom. The van der Waals surface area contributed by atoms with E-state index in [1.807, 2.05) is 60.7 Å². The zero-order chi connectivity index (χ0) is 22.7. The number of sulfonamides is 1. The Morgan fingerprint density at radius 3 is 2.09 bits per heavy atom. The molecule has 0 unspecified atom stereocenters. The number of rotatable bonds is 13. The maximum Gasteiger partial charge on any atom is 0.256 e. The van der Waals surface area contributed by atoms with Crippen LogP contribution in [0.25, 0.3) is 21.7 Å². The average Bonchev–Trinajstić information content (AvgIpc) is 3.22. The molecule has 1 heterocycles. The number of anilines is 1. The predicted octanol–water partition coefficient (Wildman–Crippen LogP) is 7.87. The molecule has 0 aliphatic carbocycles. The van der Waals surface area contributed by atoms with Gasteiger partial charge >= 0.3 is 0 Å². The molecular weight excluding hydrogens is 436 g/mol. The minimum Gasteiger partial charge on any atom is -0.255 e. The fraction of sp³-hybridized carbons (Fsp3) is 0.346. The first-order valence-electron chi connectivity index (χ1n) is 11.4. The topological polar surface area (TPSA) is 59.1 Å². The third-order valence-corrected chi connectivity index (χ3v) is 7.37. The van der Waals surface area contributed by atoms with Gasteiger partial charge in [-0.15, -0.1) is 0 Å². The van der Waals surface area contributed by atoms with Crippen molar-refractivity contribution in [1.29, 1.82) is 0 Å². The second-order valence-corrected chi connectivity index (χ2v) is 10.4. The smallest absolute Gasteiger partial charge is 0.255 e. The van der Waals surface area contributed by atoms with Gasteiger partial charge in [-0.25, -0.2) is 13.4 Å². The van der Waals surface area contributed by atoms with Crippen LogP contribution in [0, 0.1) is 0 Å². The predicted molar refractivity (Wildman–Crippen MR) is 137 cm³/mol. The standard InChI is InChI=1S/C26H32N2O2S2/c1-2-3-4-5-6-7-8-9-16-21-32(29,30)28-26-27-24(22-17-12-10-13-18-22)25(31-26)23-19-14-11-15-20-23/h10-21H,2-9H2,1H3,(H,27,28)/b21-16+. The lowest BCUT2D eigenvalue weighted by molar-refractivity contribution is 0.592. The Morgan fingerprint density at radius 2 is 1.44 bits per heavy atom. The maximum atomic E-state index is 12.6. The lowest BCUT2D eigenvalue weighted by Gasteiger charge is -2.02. The minimum absolute atomic E-state index is 0.378. The molecule has 0 atom stereocenters. The summed E-state index contributed by atoms with van der Waals surface area (Å²) in [6.45, 7) is 2.22. The summed E-state index contributed by atoms with van der Waals surface area (Å²) in [6, 6.07) is 19.8. The van der Waals surface area contributed by atoms with Crippen molar-refractivity contribution < 1.29 is 8.42 Å². The van der Waals surface area contributed by atoms with E-state index in [1.54, 1.807) is 6.08 Å². The highest BCUT2D eigenvalue weighted by Crippen LogP contribution is 2.39. The van der Waals surface area contributed by atoms with E-state index in [2.05, 4.69) is 16.6 Å². The summed E-state index contributed by atoms with van der Waals surface area (Å²) in [5, 5.41) is 1.65. The Kier molecular flexibility index (Phi) is 9.50. The zero-order valence-corrected chi connectivity index (χ0v) is 20.3. The largest absolute Gasteiger partial charge is 0.256 e. The molecule has 1 aromatic heterocycles. The highest BCUT2D eigenvalue weighted by Gasteiger charge is 2.17. The SMILES string of the molecule is CCCCCCCCC/C=C/S(=O)(=O)Nc1nc(-c2ccccc2)c(-c2ccccc2)s1. The summed E-state index contributed by atoms with van der Waals surface area (Å²) >= 11 is 1.36. The van der Waals surface area contributed by atoms with Crippen molar-refractivity contribution in [3.8, 4) is 21.7 Å². The minimum atomic E-state index is -3.59. The normalized spacial score (nSPS) is 11.8. The van der Waals surface area contributed by atoms with E-state index >= 15 is 0 Å². The van der Waals surface area contributed by atoms with E-state index < -0.39 is 10.0 Å². The van der Waals surface area contributed by atoms with Gasteiger partial charge in [0.2, 0.25) is 0 Å². The molecule has 6 heteroatoms. The van der Waals surface area contributed by atoms with Gasteiger partial charge in [0.05, 0.1) is 10.6 Å². The molecule has 1 N–H and O–H groups in total. The Bertz CT molecular complexity index is 1020. The van der Waals surface area contributed by atoms with Gasteiger partial charge in [0, 0.05) is 11.0 Å². The zero-order valence-electron chi connectivity index (χ0n) is 18.7. The van der Waals surface area contributed by atoms with Crippen molar-refractivity contribution in [2.75, 3.05) is 4.72 Å². The number of hydrogen-bond acceptors (Lipinski definition) is 4. The molecule has 0 amide bonds. The molecule has 0 aliphatic heterocycles. The monoisotopic (exact) mass is 468 g/mol. The molecule has 170 valence electrons. The lowest BCUT2D eigenvalue weighted by atomic mass is 10.1. The van der Waals surface area contributed by atoms with E-state index in [-0.39, 0.29) is 0 Å². The molecular formula is C26H32N2O2S2. The highest BCUT2D eigenvalue weighted by molar-refractivity contribution is 7.95. The van der Waals surface area contributed by atoms with Crippen LogP contribution in [0.3, 0.4) is 0 Å². The molecule has 32 heavy (non-hydrogen) atoms. The van der Waals surface area contributed by atoms with Crippen LogP contribution in [0.15, 0.2) is 72.1 Å². The Hall–Kier alpha value is -2.44. The first kappa shape index (κ1) is 24.2. The van der Waals surface area contributed by atoms with Gasteiger partial charge in [-0.1, -0.05) is 124 Å². The first-order chi connectivity index (χ1) is 15.6. The lowest BCUT2D eigenvalue weighted by Crippen LogP contribution is -2.08. The third kappa shape index (κ3) is 7.61. The van der Waals surface area contributed by atoms with Crippen LogP contribution in [-0.4, -0.2) is 13.4 Å². The summed E-state index contributed by atoms with van der Waals surface area (Å²) in [5.74, 6) is 0. The molecule has 0 fully saturated rings. The Labute approximate surface area is 196 Å². The number of allylic oxidation sites excluding steroid dienone is 1. The molecule has 3 aromatic rings. The quantitative estimate of drug-likeness (QED) is 0.260. The van der Waals surface area contributed by atoms with Crippen LogP contribution < -0.4 is 4.72 Å². The second-order valence-electron chi connectivity index (χ2n) is 7.86. The maximum absolute atomic E-state index is 12.6. The van der Waals surface area contributed by atoms with E-state index in [9.17, 15) is 8.42 Å². The number of aromatic nitrogens is 1. The molecule has 3 rings (SSSR count). The Balaban J connectivity index is 1.64. The van der Waals surface area contributed by atoms with E-state index in [0.717, 1.165) is 41.0 Å². The van der Waals surface area contributed by atoms with Crippen LogP contribution in [0.1, 0.15) is 58.3 Å². The number of thiazole rings is 1. The third-order valence-electron chi connectivity index (χ3n) is 5.19. The van der Waals surface area contributed by atoms with E-state index in [4.69, 9.17) is 0 Å². The first-order valence-corrected chi connectivity index (χ1v) is 13.8. The summed E-state index contributed by atoms with van der Waals surface area (Å²) < 4.78 is 27.8. The summed E-state index contributed by atoms with van der Waals surface area (Å²) in [5.41, 5.74) is 2.76. The van der Waals surface area contributed by atoms with Crippen molar-refractivity contribution >= 4 is 26.5 Å². The van der Waals surface area contributed by atoms with Gasteiger partial charge in [0.25, 0.3) is 10.0 Å². The number of benzene rings is 2. The second kappa shape index (κ2) is 12.6. The van der Waals surface area contributed by atoms with E-state index in [1.165, 1.54) is 48.8 Å². The average molecular weight is 469 g/mol. The van der Waals surface area contributed by atoms with Crippen LogP contribution >= 0.6 is 11.3 Å². The molecule has 0 radical (unpaired) electrons. The van der Waals surface area contributed by atoms with E-state index in [0.29, 0.717) is 5.13 Å². The van der Waals surface area contributed by atoms with Crippen molar-refractivity contribution in [2.24, 2.45) is 0 Å². The molecule has 2 aromatic carbocycles. The van der Waals surface area contributed by atoms with Gasteiger partial charge in [-0.05, 0) is 18.4 Å². The van der Waals surface area contributed by atoms with Crippen molar-refractivity contribution in [2.45, 2.75) is 58.3 Å². The molecule has 0 spiro atoms. The summed E-state index contributed by atoms with van der Waals surface area (Å²) in [4.78, 5) is 5.58. The van der Waals surface area contributed by atoms with Gasteiger partial charge in [-0.3, -0.25) is 4.72 Å². The summed E-state index contributed by atoms with van der Waals surface area (Å²) in [7, 11) is -3.59. The fourth-order valence-corrected chi connectivity index (χ4v) is 5.62. The molecule has 0 aliphatic rings. The molecule has 0 saturated carbocycles. The molecule has 4 nitrogen and oxygen atoms in total. The fourth-order valence-electron chi connectivity index (χ4n) is 3.51. The van der Waals surface area contributed by atoms with Crippen LogP contribution in [-0.2, 0) is 10.0 Å². The van der Waals surface area contributed by atoms with Crippen LogP contribution in [0.2, 0.25) is 0 Å².